The van der Waals surface area contributed by atoms with Gasteiger partial charge in [-0.3, -0.25) is 4.98 Å². The number of nitrogens with one attached hydrogen (secondary N) is 1. The lowest BCUT2D eigenvalue weighted by molar-refractivity contribution is 0.881. The van der Waals surface area contributed by atoms with Gasteiger partial charge in [0.05, 0.1) is 17.8 Å². The summed E-state index contributed by atoms with van der Waals surface area (Å²) < 4.78 is 0. The van der Waals surface area contributed by atoms with Gasteiger partial charge in [0.25, 0.3) is 0 Å². The molecule has 3 nitrogen and oxygen atoms in total. The van der Waals surface area contributed by atoms with Crippen LogP contribution in [0.3, 0.4) is 0 Å². The van der Waals surface area contributed by atoms with E-state index in [2.05, 4.69) is 28.1 Å². The topological polar surface area (TPSA) is 37.3 Å². The fourth-order valence-corrected chi connectivity index (χ4v) is 0.870. The van der Waals surface area contributed by atoms with Crippen molar-refractivity contribution < 1.29 is 0 Å². The molecule has 12 heavy (non-hydrogen) atoms. The van der Waals surface area contributed by atoms with E-state index < -0.39 is 0 Å². The molecule has 0 aliphatic carbocycles. The summed E-state index contributed by atoms with van der Waals surface area (Å²) in [6, 6.07) is 5.80. The number of aryl methyl sites for hydroxylation is 1. The summed E-state index contributed by atoms with van der Waals surface area (Å²) >= 11 is 3.94. The van der Waals surface area contributed by atoms with Gasteiger partial charge < -0.3 is 5.43 Å². The number of hydrogen-bond donors (Lipinski definition) is 2. The molecule has 0 aliphatic rings. The molecular weight excluding hydrogens is 170 g/mol. The maximum atomic E-state index is 4.23. The van der Waals surface area contributed by atoms with Crippen molar-refractivity contribution in [2.75, 3.05) is 5.88 Å². The third kappa shape index (κ3) is 2.92. The molecular formula is C8H11N3S. The third-order valence-corrected chi connectivity index (χ3v) is 1.41. The number of rotatable bonds is 3. The second-order valence-electron chi connectivity index (χ2n) is 2.28. The number of hydrogen-bond acceptors (Lipinski definition) is 4. The lowest BCUT2D eigenvalue weighted by atomic mass is 10.3. The zero-order valence-electron chi connectivity index (χ0n) is 6.86. The van der Waals surface area contributed by atoms with E-state index in [0.717, 1.165) is 11.4 Å². The highest BCUT2D eigenvalue weighted by molar-refractivity contribution is 7.80. The van der Waals surface area contributed by atoms with Gasteiger partial charge in [0.2, 0.25) is 0 Å². The van der Waals surface area contributed by atoms with Crippen LogP contribution in [0.4, 0.5) is 0 Å². The Morgan fingerprint density at radius 1 is 1.67 bits per heavy atom. The van der Waals surface area contributed by atoms with E-state index in [1.807, 2.05) is 25.1 Å². The molecule has 1 rings (SSSR count). The highest BCUT2D eigenvalue weighted by Gasteiger charge is 1.88. The van der Waals surface area contributed by atoms with E-state index in [1.54, 1.807) is 6.21 Å². The minimum Gasteiger partial charge on any atom is -0.300 e. The highest BCUT2D eigenvalue weighted by atomic mass is 32.1. The van der Waals surface area contributed by atoms with Gasteiger partial charge in [-0.15, -0.1) is 0 Å². The van der Waals surface area contributed by atoms with Crippen LogP contribution in [0.5, 0.6) is 0 Å². The average molecular weight is 181 g/mol. The van der Waals surface area contributed by atoms with E-state index in [1.165, 1.54) is 0 Å². The fourth-order valence-electron chi connectivity index (χ4n) is 0.789. The standard InChI is InChI=1S/C8H11N3S/c1-7-3-2-4-8(11-7)5-9-10-6-12/h2-5,10,12H,6H2,1H3. The Kier molecular flexibility index (Phi) is 3.60. The number of nitrogens with zero attached hydrogens (tertiary/aromatic N) is 2. The van der Waals surface area contributed by atoms with Crippen molar-refractivity contribution >= 4 is 18.8 Å². The number of aromatic nitrogens is 1. The first kappa shape index (κ1) is 9.06. The van der Waals surface area contributed by atoms with Crippen molar-refractivity contribution in [2.24, 2.45) is 5.10 Å². The van der Waals surface area contributed by atoms with Gasteiger partial charge in [-0.1, -0.05) is 6.07 Å². The predicted molar refractivity (Wildman–Crippen MR) is 53.6 cm³/mol. The van der Waals surface area contributed by atoms with E-state index >= 15 is 0 Å². The van der Waals surface area contributed by atoms with Crippen molar-refractivity contribution in [1.82, 2.24) is 10.4 Å². The largest absolute Gasteiger partial charge is 0.300 e. The molecule has 0 amide bonds. The van der Waals surface area contributed by atoms with Crippen molar-refractivity contribution in [3.05, 3.63) is 29.6 Å². The molecule has 0 atom stereocenters. The van der Waals surface area contributed by atoms with Crippen LogP contribution in [0, 0.1) is 6.92 Å². The molecule has 0 spiro atoms. The second-order valence-corrected chi connectivity index (χ2v) is 2.59. The molecule has 0 aromatic carbocycles. The van der Waals surface area contributed by atoms with Gasteiger partial charge in [0.1, 0.15) is 0 Å². The van der Waals surface area contributed by atoms with Gasteiger partial charge in [0.15, 0.2) is 0 Å². The maximum Gasteiger partial charge on any atom is 0.0833 e. The molecule has 1 aromatic heterocycles. The number of pyridine rings is 1. The lowest BCUT2D eigenvalue weighted by Gasteiger charge is -1.94. The molecule has 0 fully saturated rings. The van der Waals surface area contributed by atoms with Gasteiger partial charge in [-0.05, 0) is 19.1 Å². The Morgan fingerprint density at radius 2 is 2.50 bits per heavy atom. The van der Waals surface area contributed by atoms with Crippen LogP contribution < -0.4 is 5.43 Å². The first-order valence-electron chi connectivity index (χ1n) is 3.63. The van der Waals surface area contributed by atoms with Crippen LogP contribution in [0.2, 0.25) is 0 Å². The zero-order valence-corrected chi connectivity index (χ0v) is 7.75. The molecule has 0 radical (unpaired) electrons. The van der Waals surface area contributed by atoms with Gasteiger partial charge in [-0.25, -0.2) is 0 Å². The third-order valence-electron chi connectivity index (χ3n) is 1.27. The van der Waals surface area contributed by atoms with Crippen molar-refractivity contribution in [3.63, 3.8) is 0 Å². The molecule has 1 aromatic rings. The molecule has 0 bridgehead atoms. The van der Waals surface area contributed by atoms with E-state index in [-0.39, 0.29) is 0 Å². The van der Waals surface area contributed by atoms with Crippen LogP contribution in [0.15, 0.2) is 23.3 Å². The van der Waals surface area contributed by atoms with Crippen LogP contribution in [-0.2, 0) is 0 Å². The van der Waals surface area contributed by atoms with E-state index in [0.29, 0.717) is 5.88 Å². The Morgan fingerprint density at radius 3 is 3.17 bits per heavy atom. The quantitative estimate of drug-likeness (QED) is 0.318. The number of thiol groups is 1. The molecule has 0 unspecified atom stereocenters. The Bertz CT molecular complexity index is 273. The summed E-state index contributed by atoms with van der Waals surface area (Å²) in [5, 5.41) is 3.89. The van der Waals surface area contributed by atoms with Crippen LogP contribution in [0.25, 0.3) is 0 Å². The summed E-state index contributed by atoms with van der Waals surface area (Å²) in [5.74, 6) is 0.530. The fraction of sp³-hybridized carbons (Fsp3) is 0.250. The SMILES string of the molecule is Cc1cccc(C=NNCS)n1. The molecule has 0 aliphatic heterocycles. The molecule has 1 heterocycles. The van der Waals surface area contributed by atoms with Crippen LogP contribution in [0.1, 0.15) is 11.4 Å². The van der Waals surface area contributed by atoms with Crippen LogP contribution in [-0.4, -0.2) is 17.1 Å². The molecule has 0 saturated carbocycles. The predicted octanol–water partition coefficient (Wildman–Crippen LogP) is 1.20. The molecule has 0 saturated heterocycles. The Hall–Kier alpha value is -1.03. The Labute approximate surface area is 77.3 Å². The average Bonchev–Trinajstić information content (AvgIpc) is 2.05. The zero-order chi connectivity index (χ0) is 8.81. The first-order valence-corrected chi connectivity index (χ1v) is 4.26. The number of hydrazone groups is 1. The van der Waals surface area contributed by atoms with Crippen molar-refractivity contribution in [2.45, 2.75) is 6.92 Å². The second kappa shape index (κ2) is 4.77. The normalized spacial score (nSPS) is 10.5. The lowest BCUT2D eigenvalue weighted by Crippen LogP contribution is -2.02. The minimum atomic E-state index is 0.530. The summed E-state index contributed by atoms with van der Waals surface area (Å²) in [4.78, 5) is 4.23. The van der Waals surface area contributed by atoms with E-state index in [4.69, 9.17) is 0 Å². The van der Waals surface area contributed by atoms with Gasteiger partial charge >= 0.3 is 0 Å². The highest BCUT2D eigenvalue weighted by Crippen LogP contribution is 1.94. The molecule has 1 N–H and O–H groups in total. The summed E-state index contributed by atoms with van der Waals surface area (Å²) in [6.07, 6.45) is 1.67. The maximum absolute atomic E-state index is 4.23. The summed E-state index contributed by atoms with van der Waals surface area (Å²) in [5.41, 5.74) is 4.55. The smallest absolute Gasteiger partial charge is 0.0833 e. The first-order chi connectivity index (χ1) is 5.83. The van der Waals surface area contributed by atoms with E-state index in [9.17, 15) is 0 Å². The molecule has 4 heteroatoms. The van der Waals surface area contributed by atoms with Crippen molar-refractivity contribution in [1.29, 1.82) is 0 Å². The molecule has 64 valence electrons. The van der Waals surface area contributed by atoms with Crippen molar-refractivity contribution in [3.8, 4) is 0 Å². The summed E-state index contributed by atoms with van der Waals surface area (Å²) in [7, 11) is 0. The Balaban J connectivity index is 2.63. The monoisotopic (exact) mass is 181 g/mol. The van der Waals surface area contributed by atoms with Gasteiger partial charge in [-0.2, -0.15) is 17.7 Å². The van der Waals surface area contributed by atoms with Crippen LogP contribution >= 0.6 is 12.6 Å². The summed E-state index contributed by atoms with van der Waals surface area (Å²) in [6.45, 7) is 1.95. The van der Waals surface area contributed by atoms with Gasteiger partial charge in [0, 0.05) is 5.69 Å². The minimum absolute atomic E-state index is 0.530.